The Balaban J connectivity index is 2.31. The normalized spacial score (nSPS) is 24.4. The summed E-state index contributed by atoms with van der Waals surface area (Å²) < 4.78 is 5.38. The number of nitrogens with one attached hydrogen (secondary N) is 3. The lowest BCUT2D eigenvalue weighted by molar-refractivity contribution is -0.143. The Labute approximate surface area is 226 Å². The van der Waals surface area contributed by atoms with Crippen LogP contribution in [-0.4, -0.2) is 71.3 Å². The van der Waals surface area contributed by atoms with Gasteiger partial charge in [-0.2, -0.15) is 0 Å². The van der Waals surface area contributed by atoms with Gasteiger partial charge in [0.1, 0.15) is 17.7 Å². The lowest BCUT2D eigenvalue weighted by Crippen LogP contribution is -2.58. The van der Waals surface area contributed by atoms with E-state index in [-0.39, 0.29) is 41.8 Å². The second kappa shape index (κ2) is 12.3. The zero-order valence-corrected chi connectivity index (χ0v) is 24.2. The summed E-state index contributed by atoms with van der Waals surface area (Å²) in [5.41, 5.74) is -1.34. The monoisotopic (exact) mass is 534 g/mol. The number of hydrogen-bond donors (Lipinski definition) is 3. The van der Waals surface area contributed by atoms with Crippen LogP contribution in [0, 0.1) is 23.2 Å². The number of alkyl carbamates (subject to hydrolysis) is 1. The zero-order valence-electron chi connectivity index (χ0n) is 24.2. The highest BCUT2D eigenvalue weighted by Crippen LogP contribution is 2.41. The van der Waals surface area contributed by atoms with Crippen molar-refractivity contribution in [2.45, 2.75) is 98.4 Å². The molecular formula is C28H46N4O6. The van der Waals surface area contributed by atoms with Gasteiger partial charge in [0.15, 0.2) is 5.78 Å². The molecule has 2 aliphatic heterocycles. The molecule has 0 spiro atoms. The minimum atomic E-state index is -0.927. The second-order valence-corrected chi connectivity index (χ2v) is 12.6. The minimum absolute atomic E-state index is 0.0300. The predicted octanol–water partition coefficient (Wildman–Crippen LogP) is 2.57. The molecule has 2 aliphatic rings. The number of carbonyl (C=O) groups is 5. The molecule has 10 nitrogen and oxygen atoms in total. The Morgan fingerprint density at radius 3 is 2.32 bits per heavy atom. The molecule has 0 aromatic carbocycles. The van der Waals surface area contributed by atoms with E-state index in [9.17, 15) is 24.0 Å². The number of carbonyl (C=O) groups excluding carboxylic acids is 5. The summed E-state index contributed by atoms with van der Waals surface area (Å²) in [7, 11) is 0. The fourth-order valence-electron chi connectivity index (χ4n) is 5.14. The highest BCUT2D eigenvalue weighted by Gasteiger charge is 2.53. The molecule has 0 aliphatic carbocycles. The van der Waals surface area contributed by atoms with Gasteiger partial charge in [0.2, 0.25) is 17.7 Å². The largest absolute Gasteiger partial charge is 0.444 e. The number of ketones is 1. The van der Waals surface area contributed by atoms with Crippen molar-refractivity contribution >= 4 is 29.6 Å². The van der Waals surface area contributed by atoms with E-state index < -0.39 is 41.1 Å². The fraction of sp³-hybridized carbons (Fsp3) is 0.750. The standard InChI is InChI=1S/C28H46N4O6/c1-10-21(33)19(14-18-11-12-29-23(18)34)30-24(35)22-28(8,9)17(4)15-32(22)25(36)20(13-16(2)3)31-26(37)38-27(5,6)7/h10,16-20,22H,1,11-15H2,2-9H3,(H,29,34)(H,30,35)(H,31,37)/t17-,18+,19+,20+,22-/m1/s1. The Kier molecular flexibility index (Phi) is 10.1. The van der Waals surface area contributed by atoms with E-state index in [1.807, 2.05) is 34.6 Å². The van der Waals surface area contributed by atoms with Gasteiger partial charge in [0.25, 0.3) is 0 Å². The molecule has 0 bridgehead atoms. The van der Waals surface area contributed by atoms with Crippen LogP contribution in [0.4, 0.5) is 4.79 Å². The van der Waals surface area contributed by atoms with Crippen LogP contribution in [0.1, 0.15) is 74.7 Å². The number of rotatable bonds is 10. The Bertz CT molecular complexity index is 938. The third-order valence-electron chi connectivity index (χ3n) is 7.53. The smallest absolute Gasteiger partial charge is 0.408 e. The van der Waals surface area contributed by atoms with Crippen LogP contribution in [0.5, 0.6) is 0 Å². The van der Waals surface area contributed by atoms with E-state index in [0.717, 1.165) is 6.08 Å². The quantitative estimate of drug-likeness (QED) is 0.369. The topological polar surface area (TPSA) is 134 Å². The summed E-state index contributed by atoms with van der Waals surface area (Å²) >= 11 is 0. The predicted molar refractivity (Wildman–Crippen MR) is 144 cm³/mol. The molecule has 3 N–H and O–H groups in total. The first-order valence-electron chi connectivity index (χ1n) is 13.5. The molecule has 2 fully saturated rings. The first kappa shape index (κ1) is 31.3. The molecule has 5 atom stereocenters. The van der Waals surface area contributed by atoms with Crippen molar-refractivity contribution in [1.82, 2.24) is 20.9 Å². The molecule has 0 aromatic rings. The lowest BCUT2D eigenvalue weighted by atomic mass is 9.77. The van der Waals surface area contributed by atoms with Crippen LogP contribution >= 0.6 is 0 Å². The number of hydrogen-bond acceptors (Lipinski definition) is 6. The Morgan fingerprint density at radius 1 is 1.18 bits per heavy atom. The van der Waals surface area contributed by atoms with Gasteiger partial charge >= 0.3 is 6.09 Å². The number of nitrogens with zero attached hydrogens (tertiary/aromatic N) is 1. The summed E-state index contributed by atoms with van der Waals surface area (Å²) in [6, 6.07) is -2.68. The molecule has 0 aromatic heterocycles. The van der Waals surface area contributed by atoms with E-state index in [4.69, 9.17) is 4.74 Å². The molecule has 38 heavy (non-hydrogen) atoms. The summed E-state index contributed by atoms with van der Waals surface area (Å²) in [6.45, 7) is 19.3. The maximum atomic E-state index is 13.9. The molecule has 4 amide bonds. The molecule has 0 unspecified atom stereocenters. The molecule has 10 heteroatoms. The summed E-state index contributed by atoms with van der Waals surface area (Å²) in [6.07, 6.45) is 1.56. The van der Waals surface area contributed by atoms with Crippen molar-refractivity contribution in [3.05, 3.63) is 12.7 Å². The third kappa shape index (κ3) is 7.80. The van der Waals surface area contributed by atoms with E-state index in [2.05, 4.69) is 22.5 Å². The van der Waals surface area contributed by atoms with Gasteiger partial charge in [0.05, 0.1) is 6.04 Å². The third-order valence-corrected chi connectivity index (χ3v) is 7.53. The Hall–Kier alpha value is -2.91. The van der Waals surface area contributed by atoms with Crippen LogP contribution in [-0.2, 0) is 23.9 Å². The molecule has 2 saturated heterocycles. The van der Waals surface area contributed by atoms with Gasteiger partial charge in [-0.3, -0.25) is 19.2 Å². The number of amides is 4. The highest BCUT2D eigenvalue weighted by atomic mass is 16.6. The highest BCUT2D eigenvalue weighted by molar-refractivity contribution is 5.99. The SMILES string of the molecule is C=CC(=O)[C@H](C[C@@H]1CCNC1=O)NC(=O)[C@H]1N(C(=O)[C@H](CC(C)C)NC(=O)OC(C)(C)C)C[C@@H](C)C1(C)C. The average molecular weight is 535 g/mol. The van der Waals surface area contributed by atoms with Gasteiger partial charge in [-0.25, -0.2) is 4.79 Å². The van der Waals surface area contributed by atoms with Crippen LogP contribution in [0.3, 0.4) is 0 Å². The van der Waals surface area contributed by atoms with Crippen molar-refractivity contribution in [2.75, 3.05) is 13.1 Å². The van der Waals surface area contributed by atoms with Gasteiger partial charge in [0, 0.05) is 19.0 Å². The lowest BCUT2D eigenvalue weighted by Gasteiger charge is -2.35. The van der Waals surface area contributed by atoms with Crippen molar-refractivity contribution < 1.29 is 28.7 Å². The van der Waals surface area contributed by atoms with E-state index in [1.54, 1.807) is 20.8 Å². The molecule has 2 rings (SSSR count). The van der Waals surface area contributed by atoms with Gasteiger partial charge in [-0.05, 0) is 63.4 Å². The van der Waals surface area contributed by atoms with Gasteiger partial charge in [-0.1, -0.05) is 41.2 Å². The van der Waals surface area contributed by atoms with E-state index in [1.165, 1.54) is 4.90 Å². The maximum absolute atomic E-state index is 13.9. The van der Waals surface area contributed by atoms with Crippen LogP contribution in [0.2, 0.25) is 0 Å². The van der Waals surface area contributed by atoms with Crippen LogP contribution in [0.25, 0.3) is 0 Å². The fourth-order valence-corrected chi connectivity index (χ4v) is 5.14. The van der Waals surface area contributed by atoms with Crippen molar-refractivity contribution in [3.8, 4) is 0 Å². The molecule has 214 valence electrons. The summed E-state index contributed by atoms with van der Waals surface area (Å²) in [5.74, 6) is -1.69. The van der Waals surface area contributed by atoms with Crippen LogP contribution < -0.4 is 16.0 Å². The van der Waals surface area contributed by atoms with Crippen molar-refractivity contribution in [3.63, 3.8) is 0 Å². The maximum Gasteiger partial charge on any atom is 0.408 e. The van der Waals surface area contributed by atoms with E-state index >= 15 is 0 Å². The molecule has 0 radical (unpaired) electrons. The van der Waals surface area contributed by atoms with Gasteiger partial charge < -0.3 is 25.6 Å². The molecule has 0 saturated carbocycles. The zero-order chi connectivity index (χ0) is 29.0. The number of ether oxygens (including phenoxy) is 1. The van der Waals surface area contributed by atoms with Crippen LogP contribution in [0.15, 0.2) is 12.7 Å². The average Bonchev–Trinajstić information content (AvgIpc) is 3.29. The van der Waals surface area contributed by atoms with Crippen molar-refractivity contribution in [1.29, 1.82) is 0 Å². The van der Waals surface area contributed by atoms with Crippen molar-refractivity contribution in [2.24, 2.45) is 23.2 Å². The molecule has 2 heterocycles. The van der Waals surface area contributed by atoms with Gasteiger partial charge in [-0.15, -0.1) is 0 Å². The summed E-state index contributed by atoms with van der Waals surface area (Å²) in [5, 5.41) is 8.28. The summed E-state index contributed by atoms with van der Waals surface area (Å²) in [4.78, 5) is 66.5. The molecular weight excluding hydrogens is 488 g/mol. The minimum Gasteiger partial charge on any atom is -0.444 e. The van der Waals surface area contributed by atoms with E-state index in [0.29, 0.717) is 25.9 Å². The second-order valence-electron chi connectivity index (χ2n) is 12.6. The number of likely N-dealkylation sites (tertiary alicyclic amines) is 1. The first-order valence-corrected chi connectivity index (χ1v) is 13.5. The first-order chi connectivity index (χ1) is 17.5. The Morgan fingerprint density at radius 2 is 1.82 bits per heavy atom.